The lowest BCUT2D eigenvalue weighted by atomic mass is 10.2. The van der Waals surface area contributed by atoms with Gasteiger partial charge in [0.1, 0.15) is 0 Å². The highest BCUT2D eigenvalue weighted by Gasteiger charge is 2.11. The highest BCUT2D eigenvalue weighted by Crippen LogP contribution is 2.20. The van der Waals surface area contributed by atoms with Crippen LogP contribution in [0.15, 0.2) is 46.6 Å². The number of hydrogen-bond donors (Lipinski definition) is 2. The first-order chi connectivity index (χ1) is 12.4. The Morgan fingerprint density at radius 3 is 1.46 bits per heavy atom. The number of hydrazone groups is 2. The van der Waals surface area contributed by atoms with Crippen molar-refractivity contribution in [1.82, 2.24) is 10.9 Å². The Morgan fingerprint density at radius 2 is 1.12 bits per heavy atom. The molecule has 0 aliphatic heterocycles. The molecule has 0 spiro atoms. The van der Waals surface area contributed by atoms with Crippen LogP contribution in [0.5, 0.6) is 0 Å². The molecule has 0 atom stereocenters. The van der Waals surface area contributed by atoms with Crippen molar-refractivity contribution >= 4 is 70.6 Å². The fourth-order valence-corrected chi connectivity index (χ4v) is 2.55. The topological polar surface area (TPSA) is 82.9 Å². The molecule has 2 rings (SSSR count). The van der Waals surface area contributed by atoms with Gasteiger partial charge in [-0.15, -0.1) is 0 Å². The number of carbonyl (C=O) groups excluding carboxylic acids is 2. The van der Waals surface area contributed by atoms with Gasteiger partial charge in [0.2, 0.25) is 0 Å². The molecule has 0 aliphatic carbocycles. The van der Waals surface area contributed by atoms with Crippen molar-refractivity contribution in [2.45, 2.75) is 0 Å². The first kappa shape index (κ1) is 20.2. The zero-order chi connectivity index (χ0) is 19.1. The molecule has 0 aliphatic rings. The Hall–Kier alpha value is -2.12. The summed E-state index contributed by atoms with van der Waals surface area (Å²) >= 11 is 23.4. The number of nitrogens with one attached hydrogen (secondary N) is 2. The van der Waals surface area contributed by atoms with Crippen LogP contribution in [0.2, 0.25) is 20.1 Å². The van der Waals surface area contributed by atoms with Crippen molar-refractivity contribution in [2.75, 3.05) is 0 Å². The fourth-order valence-electron chi connectivity index (χ4n) is 1.63. The SMILES string of the molecule is O=C(N/N=C\c1ccc(Cl)cc1Cl)C(=O)N/N=C/c1ccc(Cl)cc1Cl. The van der Waals surface area contributed by atoms with Gasteiger partial charge in [0.25, 0.3) is 0 Å². The molecule has 0 saturated carbocycles. The Balaban J connectivity index is 1.88. The van der Waals surface area contributed by atoms with Crippen molar-refractivity contribution < 1.29 is 9.59 Å². The first-order valence-corrected chi connectivity index (χ1v) is 8.44. The average molecular weight is 432 g/mol. The Bertz CT molecular complexity index is 826. The third-order valence-electron chi connectivity index (χ3n) is 2.87. The van der Waals surface area contributed by atoms with E-state index in [2.05, 4.69) is 10.2 Å². The van der Waals surface area contributed by atoms with Crippen LogP contribution in [-0.4, -0.2) is 24.2 Å². The van der Waals surface area contributed by atoms with Gasteiger partial charge in [-0.3, -0.25) is 9.59 Å². The summed E-state index contributed by atoms with van der Waals surface area (Å²) in [5, 5.41) is 8.92. The molecule has 2 aromatic rings. The number of nitrogens with zero attached hydrogens (tertiary/aromatic N) is 2. The number of amides is 2. The lowest BCUT2D eigenvalue weighted by Crippen LogP contribution is -2.35. The second-order valence-corrected chi connectivity index (χ2v) is 6.42. The molecule has 0 fully saturated rings. The maximum Gasteiger partial charge on any atom is 0.331 e. The molecule has 0 aromatic heterocycles. The molecule has 0 saturated heterocycles. The van der Waals surface area contributed by atoms with Gasteiger partial charge in [-0.1, -0.05) is 58.5 Å². The fraction of sp³-hybridized carbons (Fsp3) is 0. The van der Waals surface area contributed by atoms with Crippen LogP contribution in [-0.2, 0) is 9.59 Å². The Morgan fingerprint density at radius 1 is 0.731 bits per heavy atom. The highest BCUT2D eigenvalue weighted by molar-refractivity contribution is 6.37. The summed E-state index contributed by atoms with van der Waals surface area (Å²) in [6.07, 6.45) is 2.56. The summed E-state index contributed by atoms with van der Waals surface area (Å²) in [5.74, 6) is -2.02. The van der Waals surface area contributed by atoms with Crippen LogP contribution in [0.25, 0.3) is 0 Å². The molecule has 0 unspecified atom stereocenters. The molecule has 26 heavy (non-hydrogen) atoms. The van der Waals surface area contributed by atoms with Crippen molar-refractivity contribution in [3.05, 3.63) is 67.6 Å². The molecule has 0 heterocycles. The lowest BCUT2D eigenvalue weighted by Gasteiger charge is -2.00. The molecule has 0 radical (unpaired) electrons. The number of carbonyl (C=O) groups is 2. The number of benzene rings is 2. The Kier molecular flexibility index (Phi) is 7.41. The van der Waals surface area contributed by atoms with E-state index in [1.165, 1.54) is 24.6 Å². The maximum absolute atomic E-state index is 11.6. The number of hydrogen-bond acceptors (Lipinski definition) is 4. The van der Waals surface area contributed by atoms with E-state index in [4.69, 9.17) is 46.4 Å². The second kappa shape index (κ2) is 9.54. The monoisotopic (exact) mass is 430 g/mol. The van der Waals surface area contributed by atoms with Crippen LogP contribution in [0.3, 0.4) is 0 Å². The molecular formula is C16H10Cl4N4O2. The van der Waals surface area contributed by atoms with Gasteiger partial charge in [-0.2, -0.15) is 10.2 Å². The van der Waals surface area contributed by atoms with Gasteiger partial charge >= 0.3 is 11.8 Å². The van der Waals surface area contributed by atoms with E-state index in [1.807, 2.05) is 10.9 Å². The zero-order valence-corrected chi connectivity index (χ0v) is 15.9. The lowest BCUT2D eigenvalue weighted by molar-refractivity contribution is -0.139. The smallest absolute Gasteiger partial charge is 0.262 e. The van der Waals surface area contributed by atoms with E-state index in [-0.39, 0.29) is 0 Å². The molecule has 0 bridgehead atoms. The van der Waals surface area contributed by atoms with Gasteiger partial charge in [0, 0.05) is 21.2 Å². The predicted molar refractivity (Wildman–Crippen MR) is 104 cm³/mol. The van der Waals surface area contributed by atoms with Crippen molar-refractivity contribution in [3.8, 4) is 0 Å². The second-order valence-electron chi connectivity index (χ2n) is 4.73. The van der Waals surface area contributed by atoms with Crippen LogP contribution < -0.4 is 10.9 Å². The van der Waals surface area contributed by atoms with Gasteiger partial charge in [0.15, 0.2) is 0 Å². The summed E-state index contributed by atoms with van der Waals surface area (Å²) < 4.78 is 0. The largest absolute Gasteiger partial charge is 0.331 e. The van der Waals surface area contributed by atoms with Crippen LogP contribution in [0.1, 0.15) is 11.1 Å². The predicted octanol–water partition coefficient (Wildman–Crippen LogP) is 3.90. The molecule has 2 aromatic carbocycles. The van der Waals surface area contributed by atoms with E-state index >= 15 is 0 Å². The third kappa shape index (κ3) is 6.00. The molecule has 2 N–H and O–H groups in total. The average Bonchev–Trinajstić information content (AvgIpc) is 2.58. The van der Waals surface area contributed by atoms with Crippen molar-refractivity contribution in [3.63, 3.8) is 0 Å². The van der Waals surface area contributed by atoms with E-state index in [0.29, 0.717) is 31.2 Å². The molecule has 10 heteroatoms. The van der Waals surface area contributed by atoms with Gasteiger partial charge in [-0.05, 0) is 24.3 Å². The zero-order valence-electron chi connectivity index (χ0n) is 12.8. The van der Waals surface area contributed by atoms with Gasteiger partial charge in [-0.25, -0.2) is 10.9 Å². The van der Waals surface area contributed by atoms with Crippen LogP contribution >= 0.6 is 46.4 Å². The van der Waals surface area contributed by atoms with E-state index in [9.17, 15) is 9.59 Å². The summed E-state index contributed by atoms with van der Waals surface area (Å²) in [6.45, 7) is 0. The van der Waals surface area contributed by atoms with Crippen LogP contribution in [0.4, 0.5) is 0 Å². The molecule has 134 valence electrons. The normalized spacial score (nSPS) is 11.1. The highest BCUT2D eigenvalue weighted by atomic mass is 35.5. The van der Waals surface area contributed by atoms with E-state index in [0.717, 1.165) is 0 Å². The summed E-state index contributed by atoms with van der Waals surface area (Å²) in [6, 6.07) is 9.49. The van der Waals surface area contributed by atoms with Crippen molar-refractivity contribution in [1.29, 1.82) is 0 Å². The van der Waals surface area contributed by atoms with Gasteiger partial charge < -0.3 is 0 Å². The molecular weight excluding hydrogens is 422 g/mol. The van der Waals surface area contributed by atoms with E-state index in [1.54, 1.807) is 24.3 Å². The summed E-state index contributed by atoms with van der Waals surface area (Å²) in [4.78, 5) is 23.2. The number of halogens is 4. The summed E-state index contributed by atoms with van der Waals surface area (Å²) in [7, 11) is 0. The Labute approximate surface area is 168 Å². The van der Waals surface area contributed by atoms with E-state index < -0.39 is 11.8 Å². The summed E-state index contributed by atoms with van der Waals surface area (Å²) in [5.41, 5.74) is 5.14. The molecule has 2 amide bonds. The van der Waals surface area contributed by atoms with Crippen molar-refractivity contribution in [2.24, 2.45) is 10.2 Å². The quantitative estimate of drug-likeness (QED) is 0.437. The number of rotatable bonds is 4. The minimum Gasteiger partial charge on any atom is -0.262 e. The maximum atomic E-state index is 11.6. The van der Waals surface area contributed by atoms with Gasteiger partial charge in [0.05, 0.1) is 22.5 Å². The minimum atomic E-state index is -1.01. The molecule has 6 nitrogen and oxygen atoms in total. The third-order valence-corrected chi connectivity index (χ3v) is 4.00. The van der Waals surface area contributed by atoms with Crippen LogP contribution in [0, 0.1) is 0 Å². The first-order valence-electron chi connectivity index (χ1n) is 6.93. The standard InChI is InChI=1S/C16H10Cl4N4O2/c17-11-3-1-9(13(19)5-11)7-21-23-15(25)16(26)24-22-8-10-2-4-12(18)6-14(10)20/h1-8H,(H,23,25)(H,24,26)/b21-7-,22-8+. The minimum absolute atomic E-state index is 0.351.